The lowest BCUT2D eigenvalue weighted by Gasteiger charge is -2.20. The average molecular weight is 314 g/mol. The number of rotatable bonds is 7. The molecule has 0 atom stereocenters. The standard InChI is InChI=1S/C14H20ClN3O3/c1-10(2)17(3)9-5-8-16-14(19)11-6-4-7-12(13(11)15)18(20)21/h4,6-7,10H,5,8-9H2,1-3H3,(H,16,19). The van der Waals surface area contributed by atoms with Crippen molar-refractivity contribution >= 4 is 23.2 Å². The number of amides is 1. The lowest BCUT2D eigenvalue weighted by Crippen LogP contribution is -2.31. The molecule has 0 saturated carbocycles. The number of carbonyl (C=O) groups excluding carboxylic acids is 1. The largest absolute Gasteiger partial charge is 0.352 e. The van der Waals surface area contributed by atoms with Crippen molar-refractivity contribution in [3.63, 3.8) is 0 Å². The monoisotopic (exact) mass is 313 g/mol. The number of nitro groups is 1. The molecule has 1 rings (SSSR count). The van der Waals surface area contributed by atoms with Gasteiger partial charge >= 0.3 is 0 Å². The molecule has 0 spiro atoms. The molecular weight excluding hydrogens is 294 g/mol. The van der Waals surface area contributed by atoms with E-state index >= 15 is 0 Å². The quantitative estimate of drug-likeness (QED) is 0.477. The van der Waals surface area contributed by atoms with Crippen LogP contribution in [-0.2, 0) is 0 Å². The van der Waals surface area contributed by atoms with Gasteiger partial charge in [-0.05, 0) is 39.9 Å². The number of carbonyl (C=O) groups is 1. The summed E-state index contributed by atoms with van der Waals surface area (Å²) in [4.78, 5) is 24.3. The van der Waals surface area contributed by atoms with Crippen molar-refractivity contribution in [3.05, 3.63) is 38.9 Å². The Morgan fingerprint density at radius 2 is 2.14 bits per heavy atom. The number of nitrogens with one attached hydrogen (secondary N) is 1. The fourth-order valence-electron chi connectivity index (χ4n) is 1.72. The van der Waals surface area contributed by atoms with Gasteiger partial charge in [0, 0.05) is 18.7 Å². The van der Waals surface area contributed by atoms with Gasteiger partial charge in [-0.25, -0.2) is 0 Å². The van der Waals surface area contributed by atoms with Crippen molar-refractivity contribution in [3.8, 4) is 0 Å². The molecule has 116 valence electrons. The van der Waals surface area contributed by atoms with Crippen molar-refractivity contribution in [2.75, 3.05) is 20.1 Å². The Labute approximate surface area is 129 Å². The van der Waals surface area contributed by atoms with Crippen LogP contribution < -0.4 is 5.32 Å². The minimum atomic E-state index is -0.600. The Hall–Kier alpha value is -1.66. The molecule has 0 heterocycles. The summed E-state index contributed by atoms with van der Waals surface area (Å²) in [5.41, 5.74) is -0.132. The predicted octanol–water partition coefficient (Wildman–Crippen LogP) is 2.71. The summed E-state index contributed by atoms with van der Waals surface area (Å²) in [5, 5.41) is 13.4. The maximum atomic E-state index is 12.0. The number of nitrogens with zero attached hydrogens (tertiary/aromatic N) is 2. The second-order valence-electron chi connectivity index (χ2n) is 5.08. The smallest absolute Gasteiger partial charge is 0.288 e. The van der Waals surface area contributed by atoms with E-state index in [1.807, 2.05) is 7.05 Å². The highest BCUT2D eigenvalue weighted by Crippen LogP contribution is 2.27. The zero-order valence-electron chi connectivity index (χ0n) is 12.4. The van der Waals surface area contributed by atoms with Gasteiger partial charge in [-0.3, -0.25) is 14.9 Å². The van der Waals surface area contributed by atoms with Gasteiger partial charge < -0.3 is 10.2 Å². The molecule has 0 aliphatic carbocycles. The zero-order valence-corrected chi connectivity index (χ0v) is 13.2. The van der Waals surface area contributed by atoms with Crippen LogP contribution in [0.3, 0.4) is 0 Å². The molecule has 1 N–H and O–H groups in total. The van der Waals surface area contributed by atoms with Gasteiger partial charge in [0.05, 0.1) is 10.5 Å². The normalized spacial score (nSPS) is 11.0. The van der Waals surface area contributed by atoms with Crippen LogP contribution in [-0.4, -0.2) is 41.9 Å². The van der Waals surface area contributed by atoms with E-state index in [0.717, 1.165) is 13.0 Å². The highest BCUT2D eigenvalue weighted by molar-refractivity contribution is 6.35. The van der Waals surface area contributed by atoms with Crippen LogP contribution in [0.1, 0.15) is 30.6 Å². The molecular formula is C14H20ClN3O3. The first kappa shape index (κ1) is 17.4. The Kier molecular flexibility index (Phi) is 6.58. The van der Waals surface area contributed by atoms with E-state index in [1.54, 1.807) is 0 Å². The van der Waals surface area contributed by atoms with E-state index in [9.17, 15) is 14.9 Å². The van der Waals surface area contributed by atoms with Crippen LogP contribution in [0.25, 0.3) is 0 Å². The molecule has 1 aromatic carbocycles. The van der Waals surface area contributed by atoms with Crippen molar-refractivity contribution in [1.29, 1.82) is 0 Å². The lowest BCUT2D eigenvalue weighted by atomic mass is 10.2. The number of benzene rings is 1. The van der Waals surface area contributed by atoms with Gasteiger partial charge in [-0.1, -0.05) is 17.7 Å². The molecule has 0 aliphatic heterocycles. The predicted molar refractivity (Wildman–Crippen MR) is 82.8 cm³/mol. The molecule has 0 fully saturated rings. The molecule has 0 saturated heterocycles. The average Bonchev–Trinajstić information content (AvgIpc) is 2.42. The number of hydrogen-bond donors (Lipinski definition) is 1. The molecule has 1 aromatic rings. The minimum absolute atomic E-state index is 0.126. The van der Waals surface area contributed by atoms with Crippen molar-refractivity contribution in [1.82, 2.24) is 10.2 Å². The van der Waals surface area contributed by atoms with Crippen molar-refractivity contribution < 1.29 is 9.72 Å². The Bertz CT molecular complexity index is 520. The van der Waals surface area contributed by atoms with E-state index in [4.69, 9.17) is 11.6 Å². The summed E-state index contributed by atoms with van der Waals surface area (Å²) in [6, 6.07) is 4.65. The summed E-state index contributed by atoms with van der Waals surface area (Å²) < 4.78 is 0. The Balaban J connectivity index is 2.57. The topological polar surface area (TPSA) is 75.5 Å². The fourth-order valence-corrected chi connectivity index (χ4v) is 2.00. The van der Waals surface area contributed by atoms with Crippen LogP contribution in [0, 0.1) is 10.1 Å². The van der Waals surface area contributed by atoms with Gasteiger partial charge in [0.1, 0.15) is 5.02 Å². The second kappa shape index (κ2) is 7.95. The molecule has 0 bridgehead atoms. The van der Waals surface area contributed by atoms with E-state index in [2.05, 4.69) is 24.1 Å². The number of hydrogen-bond acceptors (Lipinski definition) is 4. The SMILES string of the molecule is CC(C)N(C)CCCNC(=O)c1cccc([N+](=O)[O-])c1Cl. The Morgan fingerprint density at radius 1 is 1.48 bits per heavy atom. The third kappa shape index (κ3) is 4.99. The van der Waals surface area contributed by atoms with Crippen molar-refractivity contribution in [2.24, 2.45) is 0 Å². The van der Waals surface area contributed by atoms with E-state index in [0.29, 0.717) is 12.6 Å². The van der Waals surface area contributed by atoms with Crippen LogP contribution in [0.5, 0.6) is 0 Å². The molecule has 6 nitrogen and oxygen atoms in total. The molecule has 21 heavy (non-hydrogen) atoms. The molecule has 7 heteroatoms. The third-order valence-corrected chi connectivity index (χ3v) is 3.67. The second-order valence-corrected chi connectivity index (χ2v) is 5.46. The number of halogens is 1. The fraction of sp³-hybridized carbons (Fsp3) is 0.500. The zero-order chi connectivity index (χ0) is 16.0. The summed E-state index contributed by atoms with van der Waals surface area (Å²) in [6.07, 6.45) is 0.799. The highest BCUT2D eigenvalue weighted by atomic mass is 35.5. The maximum absolute atomic E-state index is 12.0. The van der Waals surface area contributed by atoms with Gasteiger partial charge in [0.15, 0.2) is 0 Å². The van der Waals surface area contributed by atoms with Gasteiger partial charge in [0.2, 0.25) is 0 Å². The number of nitro benzene ring substituents is 1. The minimum Gasteiger partial charge on any atom is -0.352 e. The first-order valence-electron chi connectivity index (χ1n) is 6.76. The van der Waals surface area contributed by atoms with Crippen molar-refractivity contribution in [2.45, 2.75) is 26.3 Å². The summed E-state index contributed by atoms with van der Waals surface area (Å²) in [6.45, 7) is 5.55. The first-order valence-corrected chi connectivity index (χ1v) is 7.13. The highest BCUT2D eigenvalue weighted by Gasteiger charge is 2.19. The Morgan fingerprint density at radius 3 is 2.71 bits per heavy atom. The van der Waals surface area contributed by atoms with Gasteiger partial charge in [-0.2, -0.15) is 0 Å². The van der Waals surface area contributed by atoms with Gasteiger partial charge in [-0.15, -0.1) is 0 Å². The maximum Gasteiger partial charge on any atom is 0.288 e. The van der Waals surface area contributed by atoms with Crippen LogP contribution in [0.15, 0.2) is 18.2 Å². The molecule has 0 unspecified atom stereocenters. The summed E-state index contributed by atoms with van der Waals surface area (Å²) in [7, 11) is 2.02. The van der Waals surface area contributed by atoms with Crippen LogP contribution in [0.4, 0.5) is 5.69 Å². The molecule has 0 radical (unpaired) electrons. The lowest BCUT2D eigenvalue weighted by molar-refractivity contribution is -0.384. The van der Waals surface area contributed by atoms with Gasteiger partial charge in [0.25, 0.3) is 11.6 Å². The molecule has 0 aliphatic rings. The molecule has 0 aromatic heterocycles. The first-order chi connectivity index (χ1) is 9.84. The summed E-state index contributed by atoms with van der Waals surface area (Å²) >= 11 is 5.89. The van der Waals surface area contributed by atoms with E-state index < -0.39 is 10.8 Å². The molecule has 1 amide bonds. The van der Waals surface area contributed by atoms with E-state index in [-0.39, 0.29) is 16.3 Å². The van der Waals surface area contributed by atoms with E-state index in [1.165, 1.54) is 18.2 Å². The van der Waals surface area contributed by atoms with Crippen LogP contribution >= 0.6 is 11.6 Å². The van der Waals surface area contributed by atoms with Crippen LogP contribution in [0.2, 0.25) is 5.02 Å². The third-order valence-electron chi connectivity index (χ3n) is 3.27. The summed E-state index contributed by atoms with van der Waals surface area (Å²) in [5.74, 6) is -0.393.